The molecule has 1 aliphatic rings. The van der Waals surface area contributed by atoms with Crippen molar-refractivity contribution >= 4 is 23.6 Å². The molecule has 0 aromatic heterocycles. The summed E-state index contributed by atoms with van der Waals surface area (Å²) in [6, 6.07) is 89.6. The average Bonchev–Trinajstić information content (AvgIpc) is 3.85. The zero-order chi connectivity index (χ0) is 46.0. The fraction of sp³-hybridized carbons (Fsp3) is 0.134. The summed E-state index contributed by atoms with van der Waals surface area (Å²) in [4.78, 5) is 0. The van der Waals surface area contributed by atoms with Crippen molar-refractivity contribution in [3.63, 3.8) is 0 Å². The number of allylic oxidation sites excluding steroid dienone is 4. The van der Waals surface area contributed by atoms with Crippen LogP contribution in [0.3, 0.4) is 0 Å². The van der Waals surface area contributed by atoms with Crippen LogP contribution in [0.4, 0.5) is 0 Å². The van der Waals surface area contributed by atoms with Crippen LogP contribution >= 0.6 is 0 Å². The van der Waals surface area contributed by atoms with Gasteiger partial charge >= 0.3 is 21.7 Å². The molecule has 0 atom stereocenters. The topological polar surface area (TPSA) is 0 Å². The molecule has 9 aromatic carbocycles. The third-order valence-electron chi connectivity index (χ3n) is 13.7. The van der Waals surface area contributed by atoms with E-state index in [2.05, 4.69) is 256 Å². The van der Waals surface area contributed by atoms with Gasteiger partial charge in [0, 0.05) is 0 Å². The van der Waals surface area contributed by atoms with Gasteiger partial charge in [0.05, 0.1) is 8.07 Å². The summed E-state index contributed by atoms with van der Waals surface area (Å²) >= 11 is 0. The van der Waals surface area contributed by atoms with E-state index in [9.17, 15) is 0 Å². The molecular weight excluding hydrogens is 987 g/mol. The summed E-state index contributed by atoms with van der Waals surface area (Å²) in [5.41, 5.74) is 17.5. The first-order valence-electron chi connectivity index (χ1n) is 24.5. The van der Waals surface area contributed by atoms with Crippen molar-refractivity contribution in [2.24, 2.45) is 0 Å². The minimum Gasteiger partial charge on any atom is -1.00 e. The molecule has 0 N–H and O–H groups in total. The van der Waals surface area contributed by atoms with Crippen molar-refractivity contribution in [1.29, 1.82) is 0 Å². The average molecular weight is 1050 g/mol. The third kappa shape index (κ3) is 13.5. The van der Waals surface area contributed by atoms with Crippen LogP contribution < -0.4 is 52.8 Å². The van der Waals surface area contributed by atoms with Gasteiger partial charge in [-0.15, -0.1) is 6.42 Å². The van der Waals surface area contributed by atoms with Gasteiger partial charge in [-0.05, 0) is 105 Å². The molecule has 0 saturated carbocycles. The van der Waals surface area contributed by atoms with Crippen LogP contribution in [0, 0.1) is 6.08 Å². The molecule has 0 radical (unpaired) electrons. The molecule has 0 heterocycles. The van der Waals surface area contributed by atoms with Gasteiger partial charge in [-0.1, -0.05) is 265 Å². The van der Waals surface area contributed by atoms with Crippen LogP contribution in [0.5, 0.6) is 0 Å². The predicted molar refractivity (Wildman–Crippen MR) is 289 cm³/mol. The molecular formula is C67H59Cl3SiTi. The van der Waals surface area contributed by atoms with Crippen molar-refractivity contribution < 1.29 is 58.9 Å². The Morgan fingerprint density at radius 1 is 0.319 bits per heavy atom. The minimum atomic E-state index is -3.20. The summed E-state index contributed by atoms with van der Waals surface area (Å²) in [5, 5.41) is 5.83. The van der Waals surface area contributed by atoms with Crippen LogP contribution in [0.2, 0.25) is 0 Å². The first-order valence-corrected chi connectivity index (χ1v) is 26.5. The summed E-state index contributed by atoms with van der Waals surface area (Å²) in [5.74, 6) is 0. The number of benzene rings is 9. The van der Waals surface area contributed by atoms with Gasteiger partial charge in [0.15, 0.2) is 0 Å². The third-order valence-corrected chi connectivity index (χ3v) is 18.4. The zero-order valence-corrected chi connectivity index (χ0v) is 45.7. The summed E-state index contributed by atoms with van der Waals surface area (Å²) < 4.78 is 0. The van der Waals surface area contributed by atoms with Gasteiger partial charge in [-0.3, -0.25) is 6.08 Å². The van der Waals surface area contributed by atoms with Crippen molar-refractivity contribution in [2.75, 3.05) is 0 Å². The molecule has 0 saturated heterocycles. The predicted octanol–water partition coefficient (Wildman–Crippen LogP) is 4.72. The van der Waals surface area contributed by atoms with E-state index in [1.165, 1.54) is 93.1 Å². The van der Waals surface area contributed by atoms with E-state index in [1.54, 1.807) is 0 Å². The number of hydrogen-bond acceptors (Lipinski definition) is 0. The molecule has 0 spiro atoms. The summed E-state index contributed by atoms with van der Waals surface area (Å²) in [6.45, 7) is 2.34. The largest absolute Gasteiger partial charge is 4.00 e. The molecule has 5 heteroatoms. The van der Waals surface area contributed by atoms with Crippen molar-refractivity contribution in [2.45, 2.75) is 58.3 Å². The van der Waals surface area contributed by atoms with E-state index in [-0.39, 0.29) is 58.9 Å². The van der Waals surface area contributed by atoms with Gasteiger partial charge in [0.1, 0.15) is 0 Å². The fourth-order valence-electron chi connectivity index (χ4n) is 10.7. The second-order valence-electron chi connectivity index (χ2n) is 18.7. The molecule has 0 amide bonds. The molecule has 0 aliphatic heterocycles. The monoisotopic (exact) mass is 1040 g/mol. The Kier molecular flexibility index (Phi) is 20.7. The van der Waals surface area contributed by atoms with Crippen molar-refractivity contribution in [1.82, 2.24) is 0 Å². The molecule has 10 rings (SSSR count). The molecule has 0 nitrogen and oxygen atoms in total. The number of halogens is 3. The van der Waals surface area contributed by atoms with E-state index in [1.807, 2.05) is 0 Å². The summed E-state index contributed by atoms with van der Waals surface area (Å²) in [7, 11) is -3.20. The molecule has 1 aliphatic carbocycles. The maximum atomic E-state index is 3.96. The quantitative estimate of drug-likeness (QED) is 0.0705. The molecule has 356 valence electrons. The second-order valence-corrected chi connectivity index (χ2v) is 22.4. The van der Waals surface area contributed by atoms with Crippen LogP contribution in [0.15, 0.2) is 253 Å². The van der Waals surface area contributed by atoms with E-state index >= 15 is 0 Å². The van der Waals surface area contributed by atoms with Crippen LogP contribution in [0.1, 0.15) is 86.5 Å². The fourth-order valence-corrected chi connectivity index (χ4v) is 16.2. The van der Waals surface area contributed by atoms with Crippen molar-refractivity contribution in [3.8, 4) is 0 Å². The van der Waals surface area contributed by atoms with Gasteiger partial charge in [0.2, 0.25) is 0 Å². The standard InChI is InChI=1S/C67H59Si.3ClH.Ti/c1-2-63-34-21-35-67(63)68(64-45-57(36-51-22-9-3-10-23-51)42-58(46-64)37-52-24-11-4-12-25-52,65-47-59(38-53-26-13-5-14-27-53)43-60(48-65)39-54-28-15-6-16-29-54)66-49-61(40-55-30-17-7-18-31-55)44-62(50-66)41-56-32-19-8-20-33-56;;;;/h3-20,22-33,35,42-50H,2,21,36-41H2,1H3;3*1H;/q-1;;;;+4/p-3. The molecule has 0 fully saturated rings. The maximum Gasteiger partial charge on any atom is 4.00 e. The molecule has 0 bridgehead atoms. The summed E-state index contributed by atoms with van der Waals surface area (Å²) in [6.07, 6.45) is 13.5. The van der Waals surface area contributed by atoms with Crippen molar-refractivity contribution in [3.05, 3.63) is 326 Å². The molecule has 9 aromatic rings. The van der Waals surface area contributed by atoms with E-state index < -0.39 is 8.07 Å². The SMILES string of the molecule is CCC1=[C-]CC=C1[Si](c1cc(Cc2ccccc2)cc(Cc2ccccc2)c1)(c1cc(Cc2ccccc2)cc(Cc2ccccc2)c1)c1cc(Cc2ccccc2)cc(Cc2ccccc2)c1.[Cl-].[Cl-].[Cl-].[Ti+4]. The number of rotatable bonds is 17. The maximum absolute atomic E-state index is 3.96. The smallest absolute Gasteiger partial charge is 1.00 e. The Morgan fingerprint density at radius 2 is 0.542 bits per heavy atom. The van der Waals surface area contributed by atoms with Gasteiger partial charge in [0.25, 0.3) is 0 Å². The molecule has 72 heavy (non-hydrogen) atoms. The Labute approximate surface area is 463 Å². The Balaban J connectivity index is 0.00000212. The van der Waals surface area contributed by atoms with Gasteiger partial charge < -0.3 is 37.2 Å². The Morgan fingerprint density at radius 3 is 0.750 bits per heavy atom. The normalized spacial score (nSPS) is 11.7. The van der Waals surface area contributed by atoms with Gasteiger partial charge in [-0.2, -0.15) is 11.3 Å². The van der Waals surface area contributed by atoms with Crippen LogP contribution in [-0.4, -0.2) is 8.07 Å². The van der Waals surface area contributed by atoms with E-state index in [0.29, 0.717) is 0 Å². The van der Waals surface area contributed by atoms with E-state index in [4.69, 9.17) is 0 Å². The minimum absolute atomic E-state index is 0. The van der Waals surface area contributed by atoms with Crippen LogP contribution in [-0.2, 0) is 60.2 Å². The Hall–Kier alpha value is -5.74. The first-order chi connectivity index (χ1) is 33.6. The number of hydrogen-bond donors (Lipinski definition) is 0. The molecule has 0 unspecified atom stereocenters. The zero-order valence-electron chi connectivity index (χ0n) is 40.9. The first kappa shape index (κ1) is 55.6. The van der Waals surface area contributed by atoms with Gasteiger partial charge in [-0.25, -0.2) is 5.57 Å². The second kappa shape index (κ2) is 26.8. The van der Waals surface area contributed by atoms with E-state index in [0.717, 1.165) is 51.4 Å². The van der Waals surface area contributed by atoms with Crippen LogP contribution in [0.25, 0.3) is 0 Å². The Bertz CT molecular complexity index is 2670.